The van der Waals surface area contributed by atoms with Gasteiger partial charge in [0.25, 0.3) is 10.1 Å². The molecule has 0 saturated carbocycles. The SMILES string of the molecule is CCC1(S(=O)(=O)O)C=CC=CC1(F)Cc1ccncc1. The van der Waals surface area contributed by atoms with E-state index in [2.05, 4.69) is 4.98 Å². The first kappa shape index (κ1) is 14.9. The summed E-state index contributed by atoms with van der Waals surface area (Å²) in [6, 6.07) is 3.25. The molecule has 2 unspecified atom stereocenters. The molecule has 20 heavy (non-hydrogen) atoms. The Bertz CT molecular complexity index is 642. The molecule has 0 radical (unpaired) electrons. The second-order valence-electron chi connectivity index (χ2n) is 4.83. The Morgan fingerprint density at radius 2 is 1.85 bits per heavy atom. The van der Waals surface area contributed by atoms with Crippen LogP contribution in [0.4, 0.5) is 4.39 Å². The number of hydrogen-bond acceptors (Lipinski definition) is 3. The molecular formula is C14H16FNO3S. The molecule has 1 aliphatic carbocycles. The highest BCUT2D eigenvalue weighted by Gasteiger charge is 2.57. The van der Waals surface area contributed by atoms with Crippen LogP contribution in [0.1, 0.15) is 18.9 Å². The maximum Gasteiger partial charge on any atom is 0.277 e. The van der Waals surface area contributed by atoms with E-state index in [0.29, 0.717) is 5.56 Å². The maximum atomic E-state index is 15.4. The van der Waals surface area contributed by atoms with Gasteiger partial charge in [-0.2, -0.15) is 8.42 Å². The first-order chi connectivity index (χ1) is 9.35. The predicted molar refractivity (Wildman–Crippen MR) is 74.6 cm³/mol. The maximum absolute atomic E-state index is 15.4. The molecular weight excluding hydrogens is 281 g/mol. The Hall–Kier alpha value is -1.53. The second kappa shape index (κ2) is 5.10. The minimum Gasteiger partial charge on any atom is -0.285 e. The molecule has 4 nitrogen and oxygen atoms in total. The molecule has 0 fully saturated rings. The zero-order valence-corrected chi connectivity index (χ0v) is 11.8. The highest BCUT2D eigenvalue weighted by molar-refractivity contribution is 7.87. The van der Waals surface area contributed by atoms with Gasteiger partial charge in [-0.25, -0.2) is 4.39 Å². The molecule has 0 spiro atoms. The van der Waals surface area contributed by atoms with Crippen LogP contribution in [0.2, 0.25) is 0 Å². The quantitative estimate of drug-likeness (QED) is 0.867. The third-order valence-corrected chi connectivity index (χ3v) is 5.42. The van der Waals surface area contributed by atoms with E-state index >= 15 is 4.39 Å². The van der Waals surface area contributed by atoms with Crippen LogP contribution < -0.4 is 0 Å². The third kappa shape index (κ3) is 2.29. The fourth-order valence-corrected chi connectivity index (χ4v) is 3.78. The number of pyridine rings is 1. The minimum absolute atomic E-state index is 0.0613. The van der Waals surface area contributed by atoms with Gasteiger partial charge in [-0.15, -0.1) is 0 Å². The summed E-state index contributed by atoms with van der Waals surface area (Å²) in [4.78, 5) is 3.84. The van der Waals surface area contributed by atoms with E-state index < -0.39 is 20.5 Å². The smallest absolute Gasteiger partial charge is 0.277 e. The van der Waals surface area contributed by atoms with Crippen molar-refractivity contribution in [1.29, 1.82) is 0 Å². The predicted octanol–water partition coefficient (Wildman–Crippen LogP) is 2.50. The van der Waals surface area contributed by atoms with Gasteiger partial charge >= 0.3 is 0 Å². The van der Waals surface area contributed by atoms with E-state index in [1.54, 1.807) is 12.1 Å². The van der Waals surface area contributed by atoms with Crippen molar-refractivity contribution in [3.63, 3.8) is 0 Å². The van der Waals surface area contributed by atoms with Gasteiger partial charge in [0, 0.05) is 18.8 Å². The van der Waals surface area contributed by atoms with E-state index in [-0.39, 0.29) is 12.8 Å². The van der Waals surface area contributed by atoms with E-state index in [1.165, 1.54) is 43.6 Å². The number of nitrogens with zero attached hydrogens (tertiary/aromatic N) is 1. The molecule has 0 aromatic carbocycles. The summed E-state index contributed by atoms with van der Waals surface area (Å²) in [5.41, 5.74) is -1.59. The summed E-state index contributed by atoms with van der Waals surface area (Å²) in [5, 5.41) is 0. The number of rotatable bonds is 4. The summed E-state index contributed by atoms with van der Waals surface area (Å²) in [7, 11) is -4.59. The molecule has 0 saturated heterocycles. The standard InChI is InChI=1S/C14H16FNO3S/c1-2-14(20(17,18)19)8-4-3-7-13(14,15)11-12-5-9-16-10-6-12/h3-10H,2,11H2,1H3,(H,17,18,19). The molecule has 1 aromatic rings. The summed E-state index contributed by atoms with van der Waals surface area (Å²) in [6.45, 7) is 1.54. The average molecular weight is 297 g/mol. The zero-order valence-electron chi connectivity index (χ0n) is 11.0. The molecule has 2 atom stereocenters. The number of hydrogen-bond donors (Lipinski definition) is 1. The van der Waals surface area contributed by atoms with Gasteiger partial charge in [-0.1, -0.05) is 25.2 Å². The lowest BCUT2D eigenvalue weighted by Crippen LogP contribution is -2.55. The minimum atomic E-state index is -4.59. The molecule has 108 valence electrons. The van der Waals surface area contributed by atoms with Gasteiger partial charge in [0.1, 0.15) is 0 Å². The van der Waals surface area contributed by atoms with Crippen molar-refractivity contribution in [2.45, 2.75) is 30.2 Å². The Morgan fingerprint density at radius 3 is 2.40 bits per heavy atom. The number of halogens is 1. The molecule has 2 rings (SSSR count). The molecule has 0 aliphatic heterocycles. The number of allylic oxidation sites excluding steroid dienone is 3. The summed E-state index contributed by atoms with van der Waals surface area (Å²) < 4.78 is 46.5. The highest BCUT2D eigenvalue weighted by atomic mass is 32.2. The molecule has 1 aliphatic rings. The molecule has 0 amide bonds. The third-order valence-electron chi connectivity index (χ3n) is 3.74. The lowest BCUT2D eigenvalue weighted by Gasteiger charge is -2.40. The first-order valence-electron chi connectivity index (χ1n) is 6.26. The molecule has 0 bridgehead atoms. The van der Waals surface area contributed by atoms with E-state index in [1.807, 2.05) is 0 Å². The van der Waals surface area contributed by atoms with Gasteiger partial charge in [-0.3, -0.25) is 9.54 Å². The van der Waals surface area contributed by atoms with Crippen LogP contribution in [0.3, 0.4) is 0 Å². The first-order valence-corrected chi connectivity index (χ1v) is 7.70. The Kier molecular flexibility index (Phi) is 3.80. The highest BCUT2D eigenvalue weighted by Crippen LogP contribution is 2.43. The molecule has 6 heteroatoms. The number of aromatic nitrogens is 1. The second-order valence-corrected chi connectivity index (χ2v) is 6.51. The Morgan fingerprint density at radius 1 is 1.25 bits per heavy atom. The van der Waals surface area contributed by atoms with Gasteiger partial charge in [0.15, 0.2) is 10.4 Å². The zero-order chi connectivity index (χ0) is 14.9. The average Bonchev–Trinajstić information content (AvgIpc) is 2.38. The van der Waals surface area contributed by atoms with Crippen molar-refractivity contribution in [2.75, 3.05) is 0 Å². The fraction of sp³-hybridized carbons (Fsp3) is 0.357. The van der Waals surface area contributed by atoms with Crippen molar-refractivity contribution < 1.29 is 17.4 Å². The molecule has 1 aromatic heterocycles. The van der Waals surface area contributed by atoms with Gasteiger partial charge in [-0.05, 0) is 30.2 Å². The van der Waals surface area contributed by atoms with Gasteiger partial charge in [0.05, 0.1) is 0 Å². The molecule has 1 N–H and O–H groups in total. The Labute approximate surface area is 117 Å². The van der Waals surface area contributed by atoms with Crippen molar-refractivity contribution in [3.8, 4) is 0 Å². The van der Waals surface area contributed by atoms with Gasteiger partial charge in [0.2, 0.25) is 0 Å². The van der Waals surface area contributed by atoms with Crippen LogP contribution in [-0.4, -0.2) is 28.4 Å². The van der Waals surface area contributed by atoms with Crippen LogP contribution in [0, 0.1) is 0 Å². The summed E-state index contributed by atoms with van der Waals surface area (Å²) in [6.07, 6.45) is 8.15. The summed E-state index contributed by atoms with van der Waals surface area (Å²) in [5.74, 6) is 0. The lowest BCUT2D eigenvalue weighted by atomic mass is 9.78. The summed E-state index contributed by atoms with van der Waals surface area (Å²) >= 11 is 0. The normalized spacial score (nSPS) is 29.6. The van der Waals surface area contributed by atoms with Crippen molar-refractivity contribution in [1.82, 2.24) is 4.98 Å². The van der Waals surface area contributed by atoms with Crippen LogP contribution in [0.5, 0.6) is 0 Å². The van der Waals surface area contributed by atoms with Crippen molar-refractivity contribution >= 4 is 10.1 Å². The van der Waals surface area contributed by atoms with Crippen molar-refractivity contribution in [2.24, 2.45) is 0 Å². The largest absolute Gasteiger partial charge is 0.285 e. The van der Waals surface area contributed by atoms with Crippen LogP contribution >= 0.6 is 0 Å². The topological polar surface area (TPSA) is 67.3 Å². The molecule has 1 heterocycles. The monoisotopic (exact) mass is 297 g/mol. The van der Waals surface area contributed by atoms with Crippen LogP contribution in [0.15, 0.2) is 48.8 Å². The van der Waals surface area contributed by atoms with Gasteiger partial charge < -0.3 is 0 Å². The Balaban J connectivity index is 2.51. The van der Waals surface area contributed by atoms with Crippen LogP contribution in [0.25, 0.3) is 0 Å². The fourth-order valence-electron chi connectivity index (χ4n) is 2.60. The van der Waals surface area contributed by atoms with Crippen LogP contribution in [-0.2, 0) is 16.5 Å². The lowest BCUT2D eigenvalue weighted by molar-refractivity contribution is 0.168. The van der Waals surface area contributed by atoms with E-state index in [0.717, 1.165) is 0 Å². The van der Waals surface area contributed by atoms with E-state index in [4.69, 9.17) is 0 Å². The van der Waals surface area contributed by atoms with E-state index in [9.17, 15) is 13.0 Å². The number of alkyl halides is 1. The van der Waals surface area contributed by atoms with Crippen molar-refractivity contribution in [3.05, 3.63) is 54.4 Å².